The van der Waals surface area contributed by atoms with E-state index < -0.39 is 30.3 Å². The Balaban J connectivity index is 2.41. The fourth-order valence-corrected chi connectivity index (χ4v) is 1.53. The molecule has 2 atom stereocenters. The smallest absolute Gasteiger partial charge is 0.344 e. The molecule has 3 nitrogen and oxygen atoms in total. The zero-order chi connectivity index (χ0) is 13.3. The van der Waals surface area contributed by atoms with Crippen molar-refractivity contribution >= 4 is 5.91 Å². The summed E-state index contributed by atoms with van der Waals surface area (Å²) in [7, 11) is 0. The van der Waals surface area contributed by atoms with Crippen LogP contribution in [0.1, 0.15) is 12.8 Å². The number of amides is 1. The number of halogens is 6. The zero-order valence-corrected chi connectivity index (χ0v) is 8.45. The van der Waals surface area contributed by atoms with Gasteiger partial charge in [0.05, 0.1) is 0 Å². The number of nitrogens with one attached hydrogen (secondary N) is 2. The van der Waals surface area contributed by atoms with Gasteiger partial charge in [-0.05, 0) is 12.8 Å². The number of carbonyl (C=O) groups excluding carboxylic acids is 1. The van der Waals surface area contributed by atoms with Crippen molar-refractivity contribution in [2.75, 3.05) is 6.54 Å². The molecule has 2 N–H and O–H groups in total. The lowest BCUT2D eigenvalue weighted by molar-refractivity contribution is -0.175. The molecule has 100 valence electrons. The first-order chi connectivity index (χ1) is 7.60. The molecule has 1 rings (SSSR count). The topological polar surface area (TPSA) is 41.1 Å². The molecule has 9 heteroatoms. The third-order valence-corrected chi connectivity index (χ3v) is 2.40. The molecule has 1 aliphatic heterocycles. The van der Waals surface area contributed by atoms with Crippen LogP contribution in [0.2, 0.25) is 0 Å². The maximum absolute atomic E-state index is 12.2. The first-order valence-electron chi connectivity index (χ1n) is 4.78. The molecule has 0 aromatic heterocycles. The van der Waals surface area contributed by atoms with Crippen LogP contribution in [0, 0.1) is 0 Å². The van der Waals surface area contributed by atoms with Gasteiger partial charge in [-0.25, -0.2) is 0 Å². The van der Waals surface area contributed by atoms with E-state index in [0.29, 0.717) is 0 Å². The van der Waals surface area contributed by atoms with Gasteiger partial charge < -0.3 is 10.6 Å². The molecule has 1 fully saturated rings. The fraction of sp³-hybridized carbons (Fsp3) is 0.875. The summed E-state index contributed by atoms with van der Waals surface area (Å²) in [6.07, 6.45) is -9.93. The quantitative estimate of drug-likeness (QED) is 0.702. The third-order valence-electron chi connectivity index (χ3n) is 2.40. The molecule has 0 bridgehead atoms. The predicted octanol–water partition coefficient (Wildman–Crippen LogP) is 1.35. The molecule has 0 unspecified atom stereocenters. The minimum absolute atomic E-state index is 0.140. The first-order valence-corrected chi connectivity index (χ1v) is 4.78. The van der Waals surface area contributed by atoms with Crippen molar-refractivity contribution in [1.29, 1.82) is 0 Å². The van der Waals surface area contributed by atoms with Gasteiger partial charge in [0, 0.05) is 12.6 Å². The van der Waals surface area contributed by atoms with Crippen LogP contribution < -0.4 is 10.6 Å². The highest BCUT2D eigenvalue weighted by Crippen LogP contribution is 2.26. The Labute approximate surface area is 92.5 Å². The lowest BCUT2D eigenvalue weighted by Gasteiger charge is -2.31. The summed E-state index contributed by atoms with van der Waals surface area (Å²) in [6, 6.07) is -2.65. The number of hydrogen-bond acceptors (Lipinski definition) is 2. The zero-order valence-electron chi connectivity index (χ0n) is 8.45. The summed E-state index contributed by atoms with van der Waals surface area (Å²) in [5.74, 6) is -2.13. The molecule has 0 aromatic carbocycles. The summed E-state index contributed by atoms with van der Waals surface area (Å²) in [5.41, 5.74) is 0. The minimum atomic E-state index is -5.01. The Morgan fingerprint density at radius 2 is 1.71 bits per heavy atom. The van der Waals surface area contributed by atoms with E-state index in [4.69, 9.17) is 0 Å². The lowest BCUT2D eigenvalue weighted by atomic mass is 10.0. The average molecular weight is 264 g/mol. The summed E-state index contributed by atoms with van der Waals surface area (Å²) in [5, 5.41) is 3.70. The standard InChI is InChI=1S/C8H10F6N2O/c9-7(10,11)5-2-1-4(3-15-5)16-6(17)8(12,13)14/h4-5,15H,1-3H2,(H,16,17)/t4-,5-/m0/s1. The molecule has 1 aliphatic rings. The van der Waals surface area contributed by atoms with Crippen LogP contribution in [0.25, 0.3) is 0 Å². The van der Waals surface area contributed by atoms with Gasteiger partial charge in [-0.2, -0.15) is 26.3 Å². The Hall–Kier alpha value is -0.990. The van der Waals surface area contributed by atoms with Gasteiger partial charge in [0.2, 0.25) is 0 Å². The van der Waals surface area contributed by atoms with Crippen molar-refractivity contribution in [1.82, 2.24) is 10.6 Å². The molecule has 0 aliphatic carbocycles. The van der Waals surface area contributed by atoms with Crippen LogP contribution in [0.4, 0.5) is 26.3 Å². The van der Waals surface area contributed by atoms with E-state index in [1.165, 1.54) is 0 Å². The molecule has 0 aromatic rings. The van der Waals surface area contributed by atoms with E-state index in [1.807, 2.05) is 0 Å². The van der Waals surface area contributed by atoms with E-state index >= 15 is 0 Å². The summed E-state index contributed by atoms with van der Waals surface area (Å²) < 4.78 is 72.1. The maximum atomic E-state index is 12.2. The lowest BCUT2D eigenvalue weighted by Crippen LogP contribution is -2.55. The second kappa shape index (κ2) is 4.71. The summed E-state index contributed by atoms with van der Waals surface area (Å²) in [4.78, 5) is 10.5. The van der Waals surface area contributed by atoms with E-state index in [0.717, 1.165) is 0 Å². The maximum Gasteiger partial charge on any atom is 0.471 e. The van der Waals surface area contributed by atoms with E-state index in [9.17, 15) is 31.1 Å². The van der Waals surface area contributed by atoms with Crippen LogP contribution >= 0.6 is 0 Å². The van der Waals surface area contributed by atoms with Crippen molar-refractivity contribution < 1.29 is 31.1 Å². The van der Waals surface area contributed by atoms with Crippen LogP contribution in [-0.2, 0) is 4.79 Å². The largest absolute Gasteiger partial charge is 0.471 e. The molecule has 17 heavy (non-hydrogen) atoms. The second-order valence-electron chi connectivity index (χ2n) is 3.75. The van der Waals surface area contributed by atoms with Gasteiger partial charge in [-0.15, -0.1) is 0 Å². The van der Waals surface area contributed by atoms with Crippen molar-refractivity contribution in [2.24, 2.45) is 0 Å². The Morgan fingerprint density at radius 1 is 1.12 bits per heavy atom. The second-order valence-corrected chi connectivity index (χ2v) is 3.75. The molecule has 1 heterocycles. The number of piperidine rings is 1. The van der Waals surface area contributed by atoms with Gasteiger partial charge in [0.15, 0.2) is 0 Å². The van der Waals surface area contributed by atoms with Crippen molar-refractivity contribution in [3.8, 4) is 0 Å². The van der Waals surface area contributed by atoms with Crippen LogP contribution in [0.5, 0.6) is 0 Å². The highest BCUT2D eigenvalue weighted by atomic mass is 19.4. The monoisotopic (exact) mass is 264 g/mol. The van der Waals surface area contributed by atoms with Gasteiger partial charge in [0.1, 0.15) is 6.04 Å². The van der Waals surface area contributed by atoms with Crippen molar-refractivity contribution in [3.63, 3.8) is 0 Å². The Morgan fingerprint density at radius 3 is 2.06 bits per heavy atom. The molecule has 0 saturated carbocycles. The van der Waals surface area contributed by atoms with Crippen LogP contribution in [-0.4, -0.2) is 36.9 Å². The van der Waals surface area contributed by atoms with Gasteiger partial charge >= 0.3 is 18.3 Å². The van der Waals surface area contributed by atoms with Crippen molar-refractivity contribution in [3.05, 3.63) is 0 Å². The molecule has 1 amide bonds. The molecule has 0 spiro atoms. The van der Waals surface area contributed by atoms with Gasteiger partial charge in [-0.3, -0.25) is 4.79 Å². The van der Waals surface area contributed by atoms with Crippen molar-refractivity contribution in [2.45, 2.75) is 37.3 Å². The predicted molar refractivity (Wildman–Crippen MR) is 45.1 cm³/mol. The highest BCUT2D eigenvalue weighted by Gasteiger charge is 2.44. The van der Waals surface area contributed by atoms with E-state index in [1.54, 1.807) is 5.32 Å². The minimum Gasteiger partial charge on any atom is -0.344 e. The average Bonchev–Trinajstić information content (AvgIpc) is 2.15. The summed E-state index contributed by atoms with van der Waals surface area (Å²) in [6.45, 7) is -0.327. The molecular weight excluding hydrogens is 254 g/mol. The Bertz CT molecular complexity index is 279. The molecule has 0 radical (unpaired) electrons. The molecular formula is C8H10F6N2O. The van der Waals surface area contributed by atoms with Gasteiger partial charge in [-0.1, -0.05) is 0 Å². The normalized spacial score (nSPS) is 26.7. The number of carbonyl (C=O) groups is 1. The van der Waals surface area contributed by atoms with Gasteiger partial charge in [0.25, 0.3) is 0 Å². The summed E-state index contributed by atoms with van der Waals surface area (Å²) >= 11 is 0. The fourth-order valence-electron chi connectivity index (χ4n) is 1.53. The first kappa shape index (κ1) is 14.1. The van der Waals surface area contributed by atoms with Crippen LogP contribution in [0.15, 0.2) is 0 Å². The Kier molecular flexibility index (Phi) is 3.90. The van der Waals surface area contributed by atoms with E-state index in [2.05, 4.69) is 5.32 Å². The number of alkyl halides is 6. The third kappa shape index (κ3) is 4.06. The highest BCUT2D eigenvalue weighted by molar-refractivity contribution is 5.81. The SMILES string of the molecule is O=C(N[C@H]1CC[C@@H](C(F)(F)F)NC1)C(F)(F)F. The number of hydrogen-bond donors (Lipinski definition) is 2. The van der Waals surface area contributed by atoms with Crippen LogP contribution in [0.3, 0.4) is 0 Å². The number of rotatable bonds is 1. The van der Waals surface area contributed by atoms with E-state index in [-0.39, 0.29) is 19.4 Å². The molecule has 1 saturated heterocycles.